The smallest absolute Gasteiger partial charge is 0.259 e. The lowest BCUT2D eigenvalue weighted by molar-refractivity contribution is -0.117. The summed E-state index contributed by atoms with van der Waals surface area (Å²) in [6.07, 6.45) is 2.62. The van der Waals surface area contributed by atoms with Crippen molar-refractivity contribution < 1.29 is 19.8 Å². The molecule has 1 fully saturated rings. The molecule has 5 nitrogen and oxygen atoms in total. The van der Waals surface area contributed by atoms with Crippen molar-refractivity contribution in [1.29, 1.82) is 0 Å². The third-order valence-corrected chi connectivity index (χ3v) is 2.72. The molecule has 0 aromatic carbocycles. The fraction of sp³-hybridized carbons (Fsp3) is 0.538. The molecule has 0 aromatic heterocycles. The highest BCUT2D eigenvalue weighted by molar-refractivity contribution is 6.27. The first-order valence-corrected chi connectivity index (χ1v) is 5.97. The van der Waals surface area contributed by atoms with Crippen LogP contribution >= 0.6 is 0 Å². The summed E-state index contributed by atoms with van der Waals surface area (Å²) < 4.78 is 0. The van der Waals surface area contributed by atoms with E-state index in [9.17, 15) is 14.7 Å². The molecule has 0 aromatic rings. The molecule has 1 heterocycles. The molecule has 2 atom stereocenters. The van der Waals surface area contributed by atoms with E-state index in [0.29, 0.717) is 6.42 Å². The maximum absolute atomic E-state index is 11.9. The molecule has 0 spiro atoms. The highest BCUT2D eigenvalue weighted by Gasteiger charge is 2.39. The number of amides is 1. The molecule has 1 rings (SSSR count). The van der Waals surface area contributed by atoms with Crippen LogP contribution in [0.1, 0.15) is 27.2 Å². The second-order valence-corrected chi connectivity index (χ2v) is 4.81. The van der Waals surface area contributed by atoms with Crippen molar-refractivity contribution >= 4 is 11.7 Å². The lowest BCUT2D eigenvalue weighted by Gasteiger charge is -2.10. The first-order chi connectivity index (χ1) is 8.34. The normalized spacial score (nSPS) is 24.8. The van der Waals surface area contributed by atoms with Gasteiger partial charge in [0.2, 0.25) is 0 Å². The predicted molar refractivity (Wildman–Crippen MR) is 66.9 cm³/mol. The van der Waals surface area contributed by atoms with Gasteiger partial charge in [0.05, 0.1) is 12.1 Å². The second kappa shape index (κ2) is 5.82. The number of allylic oxidation sites excluding steroid dienone is 1. The van der Waals surface area contributed by atoms with E-state index in [1.54, 1.807) is 6.92 Å². The van der Waals surface area contributed by atoms with Gasteiger partial charge in [-0.05, 0) is 25.3 Å². The van der Waals surface area contributed by atoms with E-state index in [-0.39, 0.29) is 23.0 Å². The van der Waals surface area contributed by atoms with Crippen LogP contribution in [0.2, 0.25) is 0 Å². The number of carbonyl (C=O) groups excluding carboxylic acids is 2. The molecular formula is C13H19NO4. The van der Waals surface area contributed by atoms with E-state index in [2.05, 4.69) is 5.32 Å². The molecule has 0 aliphatic carbocycles. The lowest BCUT2D eigenvalue weighted by atomic mass is 9.99. The summed E-state index contributed by atoms with van der Waals surface area (Å²) >= 11 is 0. The fourth-order valence-corrected chi connectivity index (χ4v) is 1.72. The van der Waals surface area contributed by atoms with E-state index < -0.39 is 18.1 Å². The minimum atomic E-state index is -0.570. The van der Waals surface area contributed by atoms with Crippen LogP contribution < -0.4 is 5.32 Å². The van der Waals surface area contributed by atoms with E-state index in [0.717, 1.165) is 0 Å². The van der Waals surface area contributed by atoms with Gasteiger partial charge in [0.15, 0.2) is 5.78 Å². The molecule has 1 aliphatic rings. The molecule has 1 aliphatic heterocycles. The van der Waals surface area contributed by atoms with Gasteiger partial charge in [0.25, 0.3) is 5.91 Å². The van der Waals surface area contributed by atoms with Gasteiger partial charge in [0, 0.05) is 0 Å². The summed E-state index contributed by atoms with van der Waals surface area (Å²) in [5.41, 5.74) is -0.199. The number of rotatable bonds is 4. The molecule has 3 N–H and O–H groups in total. The van der Waals surface area contributed by atoms with Gasteiger partial charge in [-0.15, -0.1) is 0 Å². The third-order valence-electron chi connectivity index (χ3n) is 2.72. The number of nitrogens with one attached hydrogen (secondary N) is 1. The molecule has 1 amide bonds. The number of ketones is 1. The van der Waals surface area contributed by atoms with Crippen molar-refractivity contribution in [2.45, 2.75) is 39.3 Å². The van der Waals surface area contributed by atoms with Gasteiger partial charge < -0.3 is 15.5 Å². The lowest BCUT2D eigenvalue weighted by Crippen LogP contribution is -2.33. The standard InChI is InChI=1S/C13H19NO4/c1-7(2)11-12(17)10(13(18)14-11)9(16)6-4-5-8(3)15/h4,6-8,11,15-16H,5H2,1-3H3,(H,14,18)/b6-4+,10-9-/t8?,11-/m1/s1. The van der Waals surface area contributed by atoms with Gasteiger partial charge >= 0.3 is 0 Å². The van der Waals surface area contributed by atoms with Crippen LogP contribution in [0.5, 0.6) is 0 Å². The Morgan fingerprint density at radius 2 is 2.00 bits per heavy atom. The number of aliphatic hydroxyl groups is 2. The molecule has 100 valence electrons. The van der Waals surface area contributed by atoms with E-state index >= 15 is 0 Å². The average Bonchev–Trinajstić information content (AvgIpc) is 2.53. The average molecular weight is 253 g/mol. The van der Waals surface area contributed by atoms with Gasteiger partial charge in [-0.25, -0.2) is 0 Å². The molecule has 1 unspecified atom stereocenters. The Kier molecular flexibility index (Phi) is 4.67. The van der Waals surface area contributed by atoms with Gasteiger partial charge in [0.1, 0.15) is 11.3 Å². The first kappa shape index (κ1) is 14.4. The summed E-state index contributed by atoms with van der Waals surface area (Å²) in [6.45, 7) is 5.26. The van der Waals surface area contributed by atoms with Crippen LogP contribution in [0.4, 0.5) is 0 Å². The van der Waals surface area contributed by atoms with Crippen LogP contribution in [0, 0.1) is 5.92 Å². The third kappa shape index (κ3) is 3.20. The van der Waals surface area contributed by atoms with E-state index in [1.807, 2.05) is 13.8 Å². The zero-order valence-corrected chi connectivity index (χ0v) is 10.8. The number of aliphatic hydroxyl groups excluding tert-OH is 2. The van der Waals surface area contributed by atoms with Gasteiger partial charge in [-0.3, -0.25) is 9.59 Å². The van der Waals surface area contributed by atoms with Gasteiger partial charge in [-0.2, -0.15) is 0 Å². The molecule has 0 bridgehead atoms. The highest BCUT2D eigenvalue weighted by Crippen LogP contribution is 2.19. The maximum Gasteiger partial charge on any atom is 0.259 e. The first-order valence-electron chi connectivity index (χ1n) is 5.97. The number of hydrogen-bond acceptors (Lipinski definition) is 4. The maximum atomic E-state index is 11.9. The Morgan fingerprint density at radius 3 is 2.44 bits per heavy atom. The monoisotopic (exact) mass is 253 g/mol. The molecule has 0 saturated carbocycles. The molecule has 5 heteroatoms. The molecule has 1 saturated heterocycles. The summed E-state index contributed by atoms with van der Waals surface area (Å²) in [5.74, 6) is -1.29. The van der Waals surface area contributed by atoms with Crippen molar-refractivity contribution in [2.24, 2.45) is 5.92 Å². The largest absolute Gasteiger partial charge is 0.507 e. The molecular weight excluding hydrogens is 234 g/mol. The number of carbonyl (C=O) groups is 2. The van der Waals surface area contributed by atoms with Crippen molar-refractivity contribution in [3.8, 4) is 0 Å². The Labute approximate surface area is 106 Å². The SMILES string of the molecule is CC(O)C/C=C/C(O)=C1/C(=O)N[C@H](C(C)C)C1=O. The van der Waals surface area contributed by atoms with Gasteiger partial charge in [-0.1, -0.05) is 19.9 Å². The van der Waals surface area contributed by atoms with Crippen molar-refractivity contribution in [1.82, 2.24) is 5.32 Å². The zero-order chi connectivity index (χ0) is 13.9. The Hall–Kier alpha value is -1.62. The molecule has 0 radical (unpaired) electrons. The number of Topliss-reactive ketones (excluding diaryl/α,β-unsaturated/α-hetero) is 1. The van der Waals surface area contributed by atoms with Crippen molar-refractivity contribution in [3.63, 3.8) is 0 Å². The van der Waals surface area contributed by atoms with Crippen LogP contribution in [0.15, 0.2) is 23.5 Å². The number of hydrogen-bond donors (Lipinski definition) is 3. The second-order valence-electron chi connectivity index (χ2n) is 4.81. The van der Waals surface area contributed by atoms with Crippen LogP contribution in [-0.2, 0) is 9.59 Å². The minimum absolute atomic E-state index is 0.0202. The predicted octanol–water partition coefficient (Wildman–Crippen LogP) is 0.849. The van der Waals surface area contributed by atoms with Crippen LogP contribution in [-0.4, -0.2) is 34.0 Å². The van der Waals surface area contributed by atoms with Crippen LogP contribution in [0.25, 0.3) is 0 Å². The van der Waals surface area contributed by atoms with E-state index in [1.165, 1.54) is 12.2 Å². The quantitative estimate of drug-likeness (QED) is 0.394. The van der Waals surface area contributed by atoms with Crippen molar-refractivity contribution in [2.75, 3.05) is 0 Å². The zero-order valence-electron chi connectivity index (χ0n) is 10.8. The minimum Gasteiger partial charge on any atom is -0.507 e. The molecule has 18 heavy (non-hydrogen) atoms. The topological polar surface area (TPSA) is 86.6 Å². The summed E-state index contributed by atoms with van der Waals surface area (Å²) in [4.78, 5) is 23.5. The fourth-order valence-electron chi connectivity index (χ4n) is 1.72. The van der Waals surface area contributed by atoms with E-state index in [4.69, 9.17) is 5.11 Å². The Bertz CT molecular complexity index is 407. The Balaban J connectivity index is 2.90. The highest BCUT2D eigenvalue weighted by atomic mass is 16.3. The summed E-state index contributed by atoms with van der Waals surface area (Å²) in [5, 5.41) is 21.3. The van der Waals surface area contributed by atoms with Crippen LogP contribution in [0.3, 0.4) is 0 Å². The van der Waals surface area contributed by atoms with Crippen molar-refractivity contribution in [3.05, 3.63) is 23.5 Å². The summed E-state index contributed by atoms with van der Waals surface area (Å²) in [6, 6.07) is -0.570. The summed E-state index contributed by atoms with van der Waals surface area (Å²) in [7, 11) is 0. The Morgan fingerprint density at radius 1 is 1.39 bits per heavy atom.